The maximum Gasteiger partial charge on any atom is 0.172 e. The van der Waals surface area contributed by atoms with Gasteiger partial charge < -0.3 is 4.57 Å². The van der Waals surface area contributed by atoms with E-state index in [0.717, 1.165) is 0 Å². The quantitative estimate of drug-likeness (QED) is 0.526. The largest absolute Gasteiger partial charge is 0.350 e. The molecule has 0 fully saturated rings. The van der Waals surface area contributed by atoms with E-state index in [1.54, 1.807) is 0 Å². The fourth-order valence-electron chi connectivity index (χ4n) is 2.64. The fraction of sp³-hybridized carbons (Fsp3) is 0.500. The second-order valence-corrected chi connectivity index (χ2v) is 5.58. The van der Waals surface area contributed by atoms with Gasteiger partial charge in [0.25, 0.3) is 0 Å². The second-order valence-electron chi connectivity index (χ2n) is 5.58. The van der Waals surface area contributed by atoms with Gasteiger partial charge in [0.1, 0.15) is 13.1 Å². The van der Waals surface area contributed by atoms with Crippen LogP contribution in [-0.4, -0.2) is 28.4 Å². The molecule has 2 nitrogen and oxygen atoms in total. The van der Waals surface area contributed by atoms with Crippen LogP contribution in [0.1, 0.15) is 45.1 Å². The lowest BCUT2D eigenvalue weighted by Crippen LogP contribution is -2.16. The Morgan fingerprint density at radius 3 is 2.35 bits per heavy atom. The Balaban J connectivity index is 2.31. The molecule has 2 aromatic rings. The first kappa shape index (κ1) is 14.8. The molecule has 20 heavy (non-hydrogen) atoms. The molecule has 0 saturated heterocycles. The second kappa shape index (κ2) is 7.28. The molecule has 2 rings (SSSR count). The molecule has 0 aliphatic carbocycles. The molecule has 108 valence electrons. The molecule has 0 N–H and O–H groups in total. The fourth-order valence-corrected chi connectivity index (χ4v) is 2.64. The summed E-state index contributed by atoms with van der Waals surface area (Å²) >= 11 is 0. The summed E-state index contributed by atoms with van der Waals surface area (Å²) in [5, 5.41) is 1.35. The van der Waals surface area contributed by atoms with Gasteiger partial charge in [-0.1, -0.05) is 44.9 Å². The molecule has 0 unspecified atom stereocenters. The number of fused-ring (bicyclic) bond motifs is 1. The van der Waals surface area contributed by atoms with Crippen LogP contribution in [-0.2, 0) is 7.05 Å². The van der Waals surface area contributed by atoms with Crippen molar-refractivity contribution in [2.75, 3.05) is 13.1 Å². The van der Waals surface area contributed by atoms with Gasteiger partial charge in [-0.25, -0.2) is 4.58 Å². The summed E-state index contributed by atoms with van der Waals surface area (Å²) in [4.78, 5) is 0. The van der Waals surface area contributed by atoms with E-state index in [1.165, 1.54) is 55.2 Å². The van der Waals surface area contributed by atoms with Crippen molar-refractivity contribution in [3.63, 3.8) is 0 Å². The van der Waals surface area contributed by atoms with Crippen LogP contribution < -0.4 is 0 Å². The summed E-state index contributed by atoms with van der Waals surface area (Å²) in [7, 11) is 2.13. The zero-order valence-electron chi connectivity index (χ0n) is 13.1. The third-order valence-corrected chi connectivity index (χ3v) is 3.85. The Morgan fingerprint density at radius 2 is 1.70 bits per heavy atom. The van der Waals surface area contributed by atoms with Gasteiger partial charge >= 0.3 is 0 Å². The Bertz CT molecular complexity index is 568. The highest BCUT2D eigenvalue weighted by Gasteiger charge is 2.09. The van der Waals surface area contributed by atoms with Gasteiger partial charge in [0.05, 0.1) is 5.56 Å². The first-order valence-electron chi connectivity index (χ1n) is 7.89. The van der Waals surface area contributed by atoms with Crippen molar-refractivity contribution in [1.29, 1.82) is 0 Å². The van der Waals surface area contributed by atoms with Crippen LogP contribution in [0.15, 0.2) is 30.5 Å². The minimum atomic E-state index is 1.17. The minimum absolute atomic E-state index is 1.17. The Kier molecular flexibility index (Phi) is 5.40. The van der Waals surface area contributed by atoms with Gasteiger partial charge in [-0.2, -0.15) is 0 Å². The zero-order valence-corrected chi connectivity index (χ0v) is 13.1. The van der Waals surface area contributed by atoms with E-state index >= 15 is 0 Å². The molecule has 1 heterocycles. The summed E-state index contributed by atoms with van der Waals surface area (Å²) in [6.07, 6.45) is 9.65. The van der Waals surface area contributed by atoms with Crippen LogP contribution in [0, 0.1) is 0 Å². The monoisotopic (exact) mass is 271 g/mol. The van der Waals surface area contributed by atoms with Crippen molar-refractivity contribution in [2.24, 2.45) is 7.05 Å². The molecular weight excluding hydrogens is 244 g/mol. The standard InChI is InChI=1S/C18H27N2/c1-4-6-12-20(13-7-5-2)15-16-14-19(3)18-11-9-8-10-17(16)18/h8-11,14-15H,4-7,12-13H2,1-3H3/q+1. The highest BCUT2D eigenvalue weighted by atomic mass is 15.0. The highest BCUT2D eigenvalue weighted by Crippen LogP contribution is 2.18. The van der Waals surface area contributed by atoms with E-state index in [9.17, 15) is 0 Å². The zero-order chi connectivity index (χ0) is 14.4. The molecule has 1 aromatic carbocycles. The first-order valence-corrected chi connectivity index (χ1v) is 7.89. The average Bonchev–Trinajstić information content (AvgIpc) is 2.79. The highest BCUT2D eigenvalue weighted by molar-refractivity contribution is 5.97. The number of nitrogens with zero attached hydrogens (tertiary/aromatic N) is 2. The number of benzene rings is 1. The summed E-state index contributed by atoms with van der Waals surface area (Å²) in [6.45, 7) is 6.85. The molecule has 0 bridgehead atoms. The Labute approximate surface area is 122 Å². The van der Waals surface area contributed by atoms with E-state index in [4.69, 9.17) is 0 Å². The lowest BCUT2D eigenvalue weighted by molar-refractivity contribution is -0.524. The van der Waals surface area contributed by atoms with Crippen LogP contribution in [0.25, 0.3) is 10.9 Å². The van der Waals surface area contributed by atoms with Crippen LogP contribution in [0.5, 0.6) is 0 Å². The number of rotatable bonds is 7. The van der Waals surface area contributed by atoms with Crippen LogP contribution in [0.3, 0.4) is 0 Å². The van der Waals surface area contributed by atoms with E-state index in [0.29, 0.717) is 0 Å². The Morgan fingerprint density at radius 1 is 1.05 bits per heavy atom. The molecule has 0 radical (unpaired) electrons. The number of unbranched alkanes of at least 4 members (excludes halogenated alkanes) is 2. The van der Waals surface area contributed by atoms with Crippen molar-refractivity contribution in [1.82, 2.24) is 4.57 Å². The van der Waals surface area contributed by atoms with E-state index in [1.807, 2.05) is 0 Å². The number of hydrogen-bond donors (Lipinski definition) is 0. The van der Waals surface area contributed by atoms with Crippen molar-refractivity contribution in [3.05, 3.63) is 36.0 Å². The summed E-state index contributed by atoms with van der Waals surface area (Å²) in [5.74, 6) is 0. The smallest absolute Gasteiger partial charge is 0.172 e. The number of aryl methyl sites for hydroxylation is 1. The molecule has 0 saturated carbocycles. The van der Waals surface area contributed by atoms with Crippen LogP contribution in [0.4, 0.5) is 0 Å². The maximum atomic E-state index is 2.49. The summed E-state index contributed by atoms with van der Waals surface area (Å²) in [5.41, 5.74) is 2.65. The van der Waals surface area contributed by atoms with Gasteiger partial charge in [-0.05, 0) is 6.07 Å². The van der Waals surface area contributed by atoms with Gasteiger partial charge in [-0.3, -0.25) is 0 Å². The molecule has 0 aliphatic rings. The molecule has 1 aromatic heterocycles. The van der Waals surface area contributed by atoms with Gasteiger partial charge in [0.15, 0.2) is 6.21 Å². The predicted octanol–water partition coefficient (Wildman–Crippen LogP) is 4.21. The number of hydrogen-bond acceptors (Lipinski definition) is 0. The Hall–Kier alpha value is -1.57. The molecule has 2 heteroatoms. The predicted molar refractivity (Wildman–Crippen MR) is 87.9 cm³/mol. The average molecular weight is 271 g/mol. The van der Waals surface area contributed by atoms with Crippen molar-refractivity contribution >= 4 is 17.1 Å². The normalized spacial score (nSPS) is 10.9. The maximum absolute atomic E-state index is 2.49. The topological polar surface area (TPSA) is 7.94 Å². The molecule has 0 spiro atoms. The summed E-state index contributed by atoms with van der Waals surface area (Å²) in [6, 6.07) is 8.65. The van der Waals surface area contributed by atoms with Gasteiger partial charge in [-0.15, -0.1) is 0 Å². The number of aromatic nitrogens is 1. The molecule has 0 atom stereocenters. The van der Waals surface area contributed by atoms with E-state index in [-0.39, 0.29) is 0 Å². The third-order valence-electron chi connectivity index (χ3n) is 3.85. The van der Waals surface area contributed by atoms with Crippen LogP contribution >= 0.6 is 0 Å². The number of para-hydroxylation sites is 1. The molecular formula is C18H27N2+. The first-order chi connectivity index (χ1) is 9.76. The van der Waals surface area contributed by atoms with Gasteiger partial charge in [0.2, 0.25) is 0 Å². The lowest BCUT2D eigenvalue weighted by atomic mass is 10.2. The SMILES string of the molecule is CCCC[N+](=Cc1cn(C)c2ccccc12)CCCC. The van der Waals surface area contributed by atoms with E-state index < -0.39 is 0 Å². The molecule has 0 aliphatic heterocycles. The lowest BCUT2D eigenvalue weighted by Gasteiger charge is -2.02. The van der Waals surface area contributed by atoms with Gasteiger partial charge in [0, 0.05) is 37.0 Å². The minimum Gasteiger partial charge on any atom is -0.350 e. The van der Waals surface area contributed by atoms with Crippen LogP contribution in [0.2, 0.25) is 0 Å². The van der Waals surface area contributed by atoms with Crippen molar-refractivity contribution in [2.45, 2.75) is 39.5 Å². The van der Waals surface area contributed by atoms with E-state index in [2.05, 4.69) is 66.7 Å². The molecule has 0 amide bonds. The summed E-state index contributed by atoms with van der Waals surface area (Å²) < 4.78 is 4.72. The van der Waals surface area contributed by atoms with Crippen molar-refractivity contribution in [3.8, 4) is 0 Å². The third kappa shape index (κ3) is 3.50. The van der Waals surface area contributed by atoms with Crippen molar-refractivity contribution < 1.29 is 4.58 Å².